The molecule has 0 amide bonds. The summed E-state index contributed by atoms with van der Waals surface area (Å²) in [4.78, 5) is 4.50. The van der Waals surface area contributed by atoms with Crippen molar-refractivity contribution in [1.82, 2.24) is 4.98 Å². The minimum Gasteiger partial charge on any atom is -0.256 e. The zero-order chi connectivity index (χ0) is 13.4. The van der Waals surface area contributed by atoms with Gasteiger partial charge in [0.2, 0.25) is 0 Å². The summed E-state index contributed by atoms with van der Waals surface area (Å²) in [7, 11) is 0. The number of benzene rings is 2. The van der Waals surface area contributed by atoms with Crippen molar-refractivity contribution in [2.24, 2.45) is 0 Å². The molecule has 0 aliphatic heterocycles. The Hall–Kier alpha value is -1.86. The summed E-state index contributed by atoms with van der Waals surface area (Å²) in [6.45, 7) is 4.22. The molecule has 0 unspecified atom stereocenters. The van der Waals surface area contributed by atoms with Gasteiger partial charge in [0, 0.05) is 16.6 Å². The SMILES string of the molecule is Cc1cc(C)c2nccc(-c3ccc(Cl)cc3)c2c1. The molecule has 0 saturated heterocycles. The molecular formula is C17H14ClN. The molecule has 0 N–H and O–H groups in total. The van der Waals surface area contributed by atoms with E-state index in [-0.39, 0.29) is 0 Å². The van der Waals surface area contributed by atoms with Crippen LogP contribution < -0.4 is 0 Å². The van der Waals surface area contributed by atoms with Crippen LogP contribution in [-0.2, 0) is 0 Å². The molecular weight excluding hydrogens is 254 g/mol. The van der Waals surface area contributed by atoms with Crippen LogP contribution in [0.15, 0.2) is 48.7 Å². The van der Waals surface area contributed by atoms with Crippen LogP contribution >= 0.6 is 11.6 Å². The summed E-state index contributed by atoms with van der Waals surface area (Å²) in [5.41, 5.74) is 5.91. The fourth-order valence-corrected chi connectivity index (χ4v) is 2.62. The van der Waals surface area contributed by atoms with E-state index in [1.807, 2.05) is 18.3 Å². The van der Waals surface area contributed by atoms with E-state index in [4.69, 9.17) is 11.6 Å². The standard InChI is InChI=1S/C17H14ClN/c1-11-9-12(2)17-16(10-11)15(7-8-19-17)13-3-5-14(18)6-4-13/h3-10H,1-2H3. The number of hydrogen-bond acceptors (Lipinski definition) is 1. The zero-order valence-electron chi connectivity index (χ0n) is 10.9. The number of rotatable bonds is 1. The molecule has 0 aliphatic rings. The van der Waals surface area contributed by atoms with Crippen molar-refractivity contribution < 1.29 is 0 Å². The van der Waals surface area contributed by atoms with E-state index in [1.54, 1.807) is 0 Å². The van der Waals surface area contributed by atoms with Gasteiger partial charge < -0.3 is 0 Å². The summed E-state index contributed by atoms with van der Waals surface area (Å²) in [6.07, 6.45) is 1.87. The van der Waals surface area contributed by atoms with Crippen molar-refractivity contribution in [1.29, 1.82) is 0 Å². The van der Waals surface area contributed by atoms with Gasteiger partial charge in [0.1, 0.15) is 0 Å². The lowest BCUT2D eigenvalue weighted by Gasteiger charge is -2.09. The molecule has 94 valence electrons. The van der Waals surface area contributed by atoms with E-state index in [2.05, 4.69) is 49.2 Å². The van der Waals surface area contributed by atoms with Crippen molar-refractivity contribution in [3.05, 3.63) is 64.8 Å². The Morgan fingerprint density at radius 2 is 1.68 bits per heavy atom. The van der Waals surface area contributed by atoms with E-state index in [0.29, 0.717) is 0 Å². The maximum Gasteiger partial charge on any atom is 0.0737 e. The molecule has 0 atom stereocenters. The molecule has 1 heterocycles. The van der Waals surface area contributed by atoms with Crippen LogP contribution in [0.25, 0.3) is 22.0 Å². The first kappa shape index (κ1) is 12.2. The third kappa shape index (κ3) is 2.22. The molecule has 3 aromatic rings. The van der Waals surface area contributed by atoms with Crippen LogP contribution in [0.5, 0.6) is 0 Å². The van der Waals surface area contributed by atoms with Crippen LogP contribution in [-0.4, -0.2) is 4.98 Å². The number of hydrogen-bond donors (Lipinski definition) is 0. The van der Waals surface area contributed by atoms with Gasteiger partial charge in [-0.3, -0.25) is 4.98 Å². The molecule has 2 aromatic carbocycles. The molecule has 0 bridgehead atoms. The third-order valence-corrected chi connectivity index (χ3v) is 3.59. The first-order valence-electron chi connectivity index (χ1n) is 6.27. The Bertz CT molecular complexity index is 745. The van der Waals surface area contributed by atoms with Gasteiger partial charge in [0.25, 0.3) is 0 Å². The molecule has 1 aromatic heterocycles. The third-order valence-electron chi connectivity index (χ3n) is 3.34. The Morgan fingerprint density at radius 1 is 0.947 bits per heavy atom. The fourth-order valence-electron chi connectivity index (χ4n) is 2.49. The lowest BCUT2D eigenvalue weighted by atomic mass is 9.98. The van der Waals surface area contributed by atoms with Crippen LogP contribution in [0.2, 0.25) is 5.02 Å². The van der Waals surface area contributed by atoms with E-state index in [9.17, 15) is 0 Å². The maximum absolute atomic E-state index is 5.96. The Labute approximate surface area is 117 Å². The zero-order valence-corrected chi connectivity index (χ0v) is 11.7. The van der Waals surface area contributed by atoms with E-state index >= 15 is 0 Å². The molecule has 0 saturated carbocycles. The highest BCUT2D eigenvalue weighted by Crippen LogP contribution is 2.30. The van der Waals surface area contributed by atoms with Crippen LogP contribution in [0.1, 0.15) is 11.1 Å². The van der Waals surface area contributed by atoms with Gasteiger partial charge in [-0.25, -0.2) is 0 Å². The lowest BCUT2D eigenvalue weighted by molar-refractivity contribution is 1.34. The molecule has 19 heavy (non-hydrogen) atoms. The average molecular weight is 268 g/mol. The van der Waals surface area contributed by atoms with E-state index in [1.165, 1.54) is 27.6 Å². The predicted octanol–water partition coefficient (Wildman–Crippen LogP) is 5.17. The quantitative estimate of drug-likeness (QED) is 0.593. The summed E-state index contributed by atoms with van der Waals surface area (Å²) in [6, 6.07) is 14.4. The van der Waals surface area contributed by atoms with E-state index in [0.717, 1.165) is 10.5 Å². The number of fused-ring (bicyclic) bond motifs is 1. The second-order valence-electron chi connectivity index (χ2n) is 4.84. The number of pyridine rings is 1. The van der Waals surface area contributed by atoms with Crippen LogP contribution in [0.3, 0.4) is 0 Å². The van der Waals surface area contributed by atoms with Gasteiger partial charge in [-0.05, 0) is 54.8 Å². The largest absolute Gasteiger partial charge is 0.256 e. The summed E-state index contributed by atoms with van der Waals surface area (Å²) in [5.74, 6) is 0. The summed E-state index contributed by atoms with van der Waals surface area (Å²) >= 11 is 5.96. The topological polar surface area (TPSA) is 12.9 Å². The first-order chi connectivity index (χ1) is 9.15. The molecule has 0 spiro atoms. The van der Waals surface area contributed by atoms with Gasteiger partial charge in [0.15, 0.2) is 0 Å². The fraction of sp³-hybridized carbons (Fsp3) is 0.118. The molecule has 0 aliphatic carbocycles. The lowest BCUT2D eigenvalue weighted by Crippen LogP contribution is -1.88. The van der Waals surface area contributed by atoms with Gasteiger partial charge in [-0.15, -0.1) is 0 Å². The van der Waals surface area contributed by atoms with Gasteiger partial charge in [-0.2, -0.15) is 0 Å². The molecule has 0 fully saturated rings. The van der Waals surface area contributed by atoms with E-state index < -0.39 is 0 Å². The second-order valence-corrected chi connectivity index (χ2v) is 5.28. The minimum absolute atomic E-state index is 0.759. The van der Waals surface area contributed by atoms with Crippen LogP contribution in [0.4, 0.5) is 0 Å². The average Bonchev–Trinajstić information content (AvgIpc) is 2.39. The molecule has 1 nitrogen and oxygen atoms in total. The smallest absolute Gasteiger partial charge is 0.0737 e. The second kappa shape index (κ2) is 4.67. The summed E-state index contributed by atoms with van der Waals surface area (Å²) in [5, 5.41) is 1.96. The number of aromatic nitrogens is 1. The first-order valence-corrected chi connectivity index (χ1v) is 6.65. The Morgan fingerprint density at radius 3 is 2.42 bits per heavy atom. The van der Waals surface area contributed by atoms with Gasteiger partial charge >= 0.3 is 0 Å². The highest BCUT2D eigenvalue weighted by atomic mass is 35.5. The number of halogens is 1. The molecule has 3 rings (SSSR count). The normalized spacial score (nSPS) is 10.9. The molecule has 0 radical (unpaired) electrons. The van der Waals surface area contributed by atoms with Crippen molar-refractivity contribution >= 4 is 22.5 Å². The summed E-state index contributed by atoms with van der Waals surface area (Å²) < 4.78 is 0. The highest BCUT2D eigenvalue weighted by Gasteiger charge is 2.07. The van der Waals surface area contributed by atoms with Crippen molar-refractivity contribution in [3.63, 3.8) is 0 Å². The van der Waals surface area contributed by atoms with Crippen LogP contribution in [0, 0.1) is 13.8 Å². The van der Waals surface area contributed by atoms with Gasteiger partial charge in [-0.1, -0.05) is 35.4 Å². The van der Waals surface area contributed by atoms with Crippen molar-refractivity contribution in [3.8, 4) is 11.1 Å². The van der Waals surface area contributed by atoms with Gasteiger partial charge in [0.05, 0.1) is 5.52 Å². The highest BCUT2D eigenvalue weighted by molar-refractivity contribution is 6.30. The molecule has 2 heteroatoms. The minimum atomic E-state index is 0.759. The predicted molar refractivity (Wildman–Crippen MR) is 81.7 cm³/mol. The maximum atomic E-state index is 5.96. The monoisotopic (exact) mass is 267 g/mol. The van der Waals surface area contributed by atoms with Crippen molar-refractivity contribution in [2.75, 3.05) is 0 Å². The number of nitrogens with zero attached hydrogens (tertiary/aromatic N) is 1. The number of aryl methyl sites for hydroxylation is 2. The van der Waals surface area contributed by atoms with Crippen molar-refractivity contribution in [2.45, 2.75) is 13.8 Å². The Kier molecular flexibility index (Phi) is 3.00. The Balaban J connectivity index is 2.32.